The van der Waals surface area contributed by atoms with Gasteiger partial charge in [0.1, 0.15) is 10.3 Å². The molecule has 1 atom stereocenters. The van der Waals surface area contributed by atoms with Crippen LogP contribution >= 0.6 is 15.9 Å². The van der Waals surface area contributed by atoms with E-state index in [1.54, 1.807) is 18.2 Å². The zero-order valence-corrected chi connectivity index (χ0v) is 11.5. The Hall–Kier alpha value is -1.68. The molecule has 0 aliphatic heterocycles. The molecule has 2 rings (SSSR count). The number of nitrogens with zero attached hydrogens (tertiary/aromatic N) is 1. The van der Waals surface area contributed by atoms with Gasteiger partial charge in [0.15, 0.2) is 0 Å². The van der Waals surface area contributed by atoms with Gasteiger partial charge in [-0.25, -0.2) is 4.98 Å². The molecule has 0 aliphatic carbocycles. The van der Waals surface area contributed by atoms with Gasteiger partial charge in [0.25, 0.3) is 5.91 Å². The Morgan fingerprint density at radius 2 is 1.89 bits per heavy atom. The highest BCUT2D eigenvalue weighted by molar-refractivity contribution is 9.10. The van der Waals surface area contributed by atoms with Crippen LogP contribution in [0, 0.1) is 0 Å². The molecule has 92 valence electrons. The minimum Gasteiger partial charge on any atom is -0.344 e. The summed E-state index contributed by atoms with van der Waals surface area (Å²) in [4.78, 5) is 16.1. The monoisotopic (exact) mass is 304 g/mol. The second kappa shape index (κ2) is 5.78. The van der Waals surface area contributed by atoms with Crippen molar-refractivity contribution in [2.45, 2.75) is 13.0 Å². The van der Waals surface area contributed by atoms with Gasteiger partial charge < -0.3 is 5.32 Å². The molecule has 1 aromatic heterocycles. The van der Waals surface area contributed by atoms with Crippen molar-refractivity contribution >= 4 is 21.8 Å². The summed E-state index contributed by atoms with van der Waals surface area (Å²) < 4.78 is 0.655. The third-order valence-corrected chi connectivity index (χ3v) is 3.04. The quantitative estimate of drug-likeness (QED) is 0.884. The molecular weight excluding hydrogens is 292 g/mol. The Kier molecular flexibility index (Phi) is 4.10. The predicted molar refractivity (Wildman–Crippen MR) is 74.3 cm³/mol. The third-order valence-electron chi connectivity index (χ3n) is 2.59. The molecule has 2 aromatic rings. The topological polar surface area (TPSA) is 42.0 Å². The highest BCUT2D eigenvalue weighted by atomic mass is 79.9. The van der Waals surface area contributed by atoms with E-state index in [0.29, 0.717) is 10.3 Å². The molecule has 18 heavy (non-hydrogen) atoms. The number of halogens is 1. The normalized spacial score (nSPS) is 11.9. The van der Waals surface area contributed by atoms with Crippen LogP contribution in [-0.2, 0) is 0 Å². The second-order valence-corrected chi connectivity index (χ2v) is 4.76. The summed E-state index contributed by atoms with van der Waals surface area (Å²) in [5, 5.41) is 2.92. The first-order valence-corrected chi connectivity index (χ1v) is 6.44. The molecule has 0 radical (unpaired) electrons. The number of pyridine rings is 1. The Morgan fingerprint density at radius 1 is 1.17 bits per heavy atom. The highest BCUT2D eigenvalue weighted by Crippen LogP contribution is 2.12. The van der Waals surface area contributed by atoms with Gasteiger partial charge in [-0.15, -0.1) is 0 Å². The van der Waals surface area contributed by atoms with Gasteiger partial charge in [-0.3, -0.25) is 4.79 Å². The summed E-state index contributed by atoms with van der Waals surface area (Å²) in [7, 11) is 0. The van der Waals surface area contributed by atoms with Crippen molar-refractivity contribution in [1.29, 1.82) is 0 Å². The molecule has 0 unspecified atom stereocenters. The molecule has 0 aliphatic rings. The fourth-order valence-electron chi connectivity index (χ4n) is 1.63. The van der Waals surface area contributed by atoms with Gasteiger partial charge in [-0.05, 0) is 40.5 Å². The van der Waals surface area contributed by atoms with E-state index in [1.807, 2.05) is 37.3 Å². The first-order chi connectivity index (χ1) is 8.66. The Morgan fingerprint density at radius 3 is 2.56 bits per heavy atom. The van der Waals surface area contributed by atoms with Gasteiger partial charge >= 0.3 is 0 Å². The van der Waals surface area contributed by atoms with Crippen molar-refractivity contribution in [3.8, 4) is 0 Å². The number of carbonyl (C=O) groups excluding carboxylic acids is 1. The molecule has 1 N–H and O–H groups in total. The number of nitrogens with one attached hydrogen (secondary N) is 1. The van der Waals surface area contributed by atoms with Crippen LogP contribution in [-0.4, -0.2) is 10.9 Å². The molecule has 4 heteroatoms. The fraction of sp³-hybridized carbons (Fsp3) is 0.143. The molecule has 1 aromatic carbocycles. The SMILES string of the molecule is C[C@@H](NC(=O)c1cccc(Br)n1)c1ccccc1. The van der Waals surface area contributed by atoms with Crippen LogP contribution in [0.25, 0.3) is 0 Å². The van der Waals surface area contributed by atoms with Crippen molar-refractivity contribution in [3.05, 3.63) is 64.4 Å². The summed E-state index contributed by atoms with van der Waals surface area (Å²) in [6.45, 7) is 1.95. The van der Waals surface area contributed by atoms with E-state index in [-0.39, 0.29) is 11.9 Å². The van der Waals surface area contributed by atoms with Crippen molar-refractivity contribution in [2.24, 2.45) is 0 Å². The average Bonchev–Trinajstić information content (AvgIpc) is 2.39. The molecule has 0 saturated heterocycles. The van der Waals surface area contributed by atoms with Gasteiger partial charge in [0, 0.05) is 0 Å². The van der Waals surface area contributed by atoms with Crippen LogP contribution in [0.3, 0.4) is 0 Å². The lowest BCUT2D eigenvalue weighted by Gasteiger charge is -2.13. The number of rotatable bonds is 3. The zero-order chi connectivity index (χ0) is 13.0. The Balaban J connectivity index is 2.08. The van der Waals surface area contributed by atoms with Crippen molar-refractivity contribution in [2.75, 3.05) is 0 Å². The minimum absolute atomic E-state index is 0.0421. The maximum absolute atomic E-state index is 12.0. The second-order valence-electron chi connectivity index (χ2n) is 3.95. The minimum atomic E-state index is -0.173. The fourth-order valence-corrected chi connectivity index (χ4v) is 1.97. The van der Waals surface area contributed by atoms with Crippen molar-refractivity contribution < 1.29 is 4.79 Å². The lowest BCUT2D eigenvalue weighted by atomic mass is 10.1. The molecule has 0 saturated carbocycles. The van der Waals surface area contributed by atoms with Gasteiger partial charge in [0.05, 0.1) is 6.04 Å². The van der Waals surface area contributed by atoms with Crippen molar-refractivity contribution in [1.82, 2.24) is 10.3 Å². The van der Waals surface area contributed by atoms with Crippen molar-refractivity contribution in [3.63, 3.8) is 0 Å². The predicted octanol–water partition coefficient (Wildman–Crippen LogP) is 3.34. The number of aromatic nitrogens is 1. The summed E-state index contributed by atoms with van der Waals surface area (Å²) in [5.74, 6) is -0.173. The molecule has 1 heterocycles. The standard InChI is InChI=1S/C14H13BrN2O/c1-10(11-6-3-2-4-7-11)16-14(18)12-8-5-9-13(15)17-12/h2-10H,1H3,(H,16,18)/t10-/m1/s1. The van der Waals surface area contributed by atoms with E-state index in [0.717, 1.165) is 5.56 Å². The molecule has 0 fully saturated rings. The van der Waals surface area contributed by atoms with E-state index >= 15 is 0 Å². The molecule has 3 nitrogen and oxygen atoms in total. The molecular formula is C14H13BrN2O. The number of benzene rings is 1. The Bertz CT molecular complexity index is 543. The largest absolute Gasteiger partial charge is 0.344 e. The van der Waals surface area contributed by atoms with Crippen LogP contribution in [0.1, 0.15) is 29.0 Å². The average molecular weight is 305 g/mol. The van der Waals surface area contributed by atoms with E-state index in [1.165, 1.54) is 0 Å². The number of amides is 1. The zero-order valence-electron chi connectivity index (χ0n) is 9.93. The summed E-state index contributed by atoms with van der Waals surface area (Å²) in [6, 6.07) is 15.1. The van der Waals surface area contributed by atoms with Crippen LogP contribution in [0.5, 0.6) is 0 Å². The van der Waals surface area contributed by atoms with Crippen LogP contribution in [0.2, 0.25) is 0 Å². The maximum atomic E-state index is 12.0. The van der Waals surface area contributed by atoms with Gasteiger partial charge in [-0.1, -0.05) is 36.4 Å². The molecule has 0 spiro atoms. The third kappa shape index (κ3) is 3.17. The lowest BCUT2D eigenvalue weighted by molar-refractivity contribution is 0.0934. The van der Waals surface area contributed by atoms with Gasteiger partial charge in [-0.2, -0.15) is 0 Å². The maximum Gasteiger partial charge on any atom is 0.270 e. The highest BCUT2D eigenvalue weighted by Gasteiger charge is 2.12. The lowest BCUT2D eigenvalue weighted by Crippen LogP contribution is -2.27. The van der Waals surface area contributed by atoms with Crippen LogP contribution in [0.4, 0.5) is 0 Å². The number of hydrogen-bond acceptors (Lipinski definition) is 2. The number of hydrogen-bond donors (Lipinski definition) is 1. The van der Waals surface area contributed by atoms with Gasteiger partial charge in [0.2, 0.25) is 0 Å². The summed E-state index contributed by atoms with van der Waals surface area (Å²) >= 11 is 3.25. The van der Waals surface area contributed by atoms with E-state index < -0.39 is 0 Å². The first-order valence-electron chi connectivity index (χ1n) is 5.65. The molecule has 0 bridgehead atoms. The summed E-state index contributed by atoms with van der Waals surface area (Å²) in [6.07, 6.45) is 0. The van der Waals surface area contributed by atoms with E-state index in [9.17, 15) is 4.79 Å². The van der Waals surface area contributed by atoms with Crippen LogP contribution < -0.4 is 5.32 Å². The van der Waals surface area contributed by atoms with E-state index in [4.69, 9.17) is 0 Å². The summed E-state index contributed by atoms with van der Waals surface area (Å²) in [5.41, 5.74) is 1.48. The first kappa shape index (κ1) is 12.8. The van der Waals surface area contributed by atoms with Crippen LogP contribution in [0.15, 0.2) is 53.1 Å². The number of carbonyl (C=O) groups is 1. The van der Waals surface area contributed by atoms with E-state index in [2.05, 4.69) is 26.2 Å². The Labute approximate surface area is 114 Å². The molecule has 1 amide bonds. The smallest absolute Gasteiger partial charge is 0.270 e.